The quantitative estimate of drug-likeness (QED) is 0.849. The van der Waals surface area contributed by atoms with Crippen LogP contribution in [0.2, 0.25) is 0 Å². The van der Waals surface area contributed by atoms with E-state index in [1.54, 1.807) is 0 Å². The Hall–Kier alpha value is -1.00. The van der Waals surface area contributed by atoms with Gasteiger partial charge in [-0.3, -0.25) is 0 Å². The highest BCUT2D eigenvalue weighted by molar-refractivity contribution is 5.17. The molecule has 1 fully saturated rings. The van der Waals surface area contributed by atoms with E-state index in [1.807, 2.05) is 0 Å². The first-order valence-electron chi connectivity index (χ1n) is 6.93. The molecule has 1 aromatic carbocycles. The molecule has 1 aliphatic carbocycles. The first kappa shape index (κ1) is 14.4. The van der Waals surface area contributed by atoms with Gasteiger partial charge < -0.3 is 10.5 Å². The Balaban J connectivity index is 2.02. The van der Waals surface area contributed by atoms with Crippen molar-refractivity contribution >= 4 is 0 Å². The molecule has 0 heterocycles. The number of hydrogen-bond acceptors (Lipinski definition) is 2. The predicted molar refractivity (Wildman–Crippen MR) is 70.6 cm³/mol. The van der Waals surface area contributed by atoms with Crippen LogP contribution < -0.4 is 5.73 Å². The third kappa shape index (κ3) is 3.74. The van der Waals surface area contributed by atoms with E-state index in [1.165, 1.54) is 25.0 Å². The average molecular weight is 269 g/mol. The monoisotopic (exact) mass is 269 g/mol. The summed E-state index contributed by atoms with van der Waals surface area (Å²) >= 11 is 0. The van der Waals surface area contributed by atoms with Crippen molar-refractivity contribution in [3.8, 4) is 0 Å². The Morgan fingerprint density at radius 1 is 1.11 bits per heavy atom. The number of nitrogens with two attached hydrogens (primary N) is 1. The van der Waals surface area contributed by atoms with E-state index in [0.29, 0.717) is 12.1 Å². The summed E-state index contributed by atoms with van der Waals surface area (Å²) in [6.45, 7) is 0.610. The zero-order valence-electron chi connectivity index (χ0n) is 11.1. The highest BCUT2D eigenvalue weighted by Crippen LogP contribution is 2.30. The average Bonchev–Trinajstić information content (AvgIpc) is 2.64. The highest BCUT2D eigenvalue weighted by atomic mass is 19.1. The minimum absolute atomic E-state index is 0.156. The Labute approximate surface area is 112 Å². The lowest BCUT2D eigenvalue weighted by molar-refractivity contribution is -0.0610. The van der Waals surface area contributed by atoms with E-state index in [-0.39, 0.29) is 12.2 Å². The molecule has 0 spiro atoms. The topological polar surface area (TPSA) is 35.2 Å². The molecule has 2 rings (SSSR count). The molecular formula is C15H21F2NO. The third-order valence-corrected chi connectivity index (χ3v) is 3.94. The van der Waals surface area contributed by atoms with Crippen LogP contribution in [-0.2, 0) is 11.3 Å². The van der Waals surface area contributed by atoms with Gasteiger partial charge in [0.15, 0.2) is 0 Å². The van der Waals surface area contributed by atoms with Crippen LogP contribution in [-0.4, -0.2) is 12.1 Å². The first-order chi connectivity index (χ1) is 9.15. The van der Waals surface area contributed by atoms with Crippen LogP contribution >= 0.6 is 0 Å². The maximum absolute atomic E-state index is 13.6. The molecule has 1 aromatic rings. The maximum atomic E-state index is 13.6. The van der Waals surface area contributed by atoms with Crippen LogP contribution in [0, 0.1) is 11.6 Å². The van der Waals surface area contributed by atoms with Gasteiger partial charge in [-0.05, 0) is 18.9 Å². The fourth-order valence-electron chi connectivity index (χ4n) is 2.65. The molecule has 4 heteroatoms. The van der Waals surface area contributed by atoms with E-state index in [9.17, 15) is 8.78 Å². The molecule has 0 aromatic heterocycles. The smallest absolute Gasteiger partial charge is 0.131 e. The summed E-state index contributed by atoms with van der Waals surface area (Å²) < 4.78 is 32.3. The molecule has 0 saturated heterocycles. The van der Waals surface area contributed by atoms with Gasteiger partial charge in [0, 0.05) is 18.2 Å². The molecule has 0 radical (unpaired) electrons. The standard InChI is InChI=1S/C15H21F2NO/c16-13-6-5-12(14(17)9-13)10-19-15(11-18)7-3-1-2-4-8-15/h5-6,9H,1-4,7-8,10-11,18H2. The minimum Gasteiger partial charge on any atom is -0.369 e. The summed E-state index contributed by atoms with van der Waals surface area (Å²) in [5.41, 5.74) is 5.91. The van der Waals surface area contributed by atoms with Crippen LogP contribution in [0.3, 0.4) is 0 Å². The Morgan fingerprint density at radius 2 is 1.79 bits per heavy atom. The molecule has 19 heavy (non-hydrogen) atoms. The fourth-order valence-corrected chi connectivity index (χ4v) is 2.65. The minimum atomic E-state index is -0.566. The van der Waals surface area contributed by atoms with Crippen molar-refractivity contribution in [2.75, 3.05) is 6.54 Å². The molecule has 1 saturated carbocycles. The Morgan fingerprint density at radius 3 is 2.37 bits per heavy atom. The highest BCUT2D eigenvalue weighted by Gasteiger charge is 2.30. The van der Waals surface area contributed by atoms with Gasteiger partial charge in [-0.15, -0.1) is 0 Å². The summed E-state index contributed by atoms with van der Waals surface area (Å²) in [5, 5.41) is 0. The number of ether oxygens (including phenoxy) is 1. The number of halogens is 2. The summed E-state index contributed by atoms with van der Waals surface area (Å²) in [6, 6.07) is 3.58. The second-order valence-corrected chi connectivity index (χ2v) is 5.33. The summed E-state index contributed by atoms with van der Waals surface area (Å²) in [7, 11) is 0. The lowest BCUT2D eigenvalue weighted by atomic mass is 9.94. The van der Waals surface area contributed by atoms with E-state index < -0.39 is 11.6 Å². The van der Waals surface area contributed by atoms with Crippen molar-refractivity contribution in [2.24, 2.45) is 5.73 Å². The SMILES string of the molecule is NCC1(OCc2ccc(F)cc2F)CCCCCC1. The second-order valence-electron chi connectivity index (χ2n) is 5.33. The normalized spacial score (nSPS) is 19.1. The van der Waals surface area contributed by atoms with Gasteiger partial charge in [0.05, 0.1) is 12.2 Å². The summed E-state index contributed by atoms with van der Waals surface area (Å²) in [6.07, 6.45) is 6.46. The van der Waals surface area contributed by atoms with E-state index in [4.69, 9.17) is 10.5 Å². The fraction of sp³-hybridized carbons (Fsp3) is 0.600. The first-order valence-corrected chi connectivity index (χ1v) is 6.93. The lowest BCUT2D eigenvalue weighted by Crippen LogP contribution is -2.40. The van der Waals surface area contributed by atoms with Crippen LogP contribution in [0.1, 0.15) is 44.1 Å². The van der Waals surface area contributed by atoms with Gasteiger partial charge in [-0.2, -0.15) is 0 Å². The molecule has 2 N–H and O–H groups in total. The van der Waals surface area contributed by atoms with Crippen molar-refractivity contribution < 1.29 is 13.5 Å². The molecule has 2 nitrogen and oxygen atoms in total. The van der Waals surface area contributed by atoms with Gasteiger partial charge in [0.1, 0.15) is 11.6 Å². The molecule has 0 bridgehead atoms. The Kier molecular flexibility index (Phi) is 4.88. The maximum Gasteiger partial charge on any atom is 0.131 e. The number of rotatable bonds is 4. The van der Waals surface area contributed by atoms with Gasteiger partial charge in [-0.25, -0.2) is 8.78 Å². The van der Waals surface area contributed by atoms with Crippen molar-refractivity contribution in [3.05, 3.63) is 35.4 Å². The van der Waals surface area contributed by atoms with Crippen molar-refractivity contribution in [2.45, 2.75) is 50.7 Å². The summed E-state index contributed by atoms with van der Waals surface area (Å²) in [5.74, 6) is -1.12. The third-order valence-electron chi connectivity index (χ3n) is 3.94. The second kappa shape index (κ2) is 6.44. The van der Waals surface area contributed by atoms with Crippen LogP contribution in [0.15, 0.2) is 18.2 Å². The van der Waals surface area contributed by atoms with Gasteiger partial charge >= 0.3 is 0 Å². The molecule has 0 unspecified atom stereocenters. The molecule has 0 amide bonds. The molecule has 1 aliphatic rings. The van der Waals surface area contributed by atoms with Crippen molar-refractivity contribution in [3.63, 3.8) is 0 Å². The van der Waals surface area contributed by atoms with Crippen LogP contribution in [0.4, 0.5) is 8.78 Å². The molecule has 106 valence electrons. The lowest BCUT2D eigenvalue weighted by Gasteiger charge is -2.31. The van der Waals surface area contributed by atoms with Gasteiger partial charge in [-0.1, -0.05) is 31.7 Å². The van der Waals surface area contributed by atoms with Gasteiger partial charge in [0.25, 0.3) is 0 Å². The molecular weight excluding hydrogens is 248 g/mol. The largest absolute Gasteiger partial charge is 0.369 e. The van der Waals surface area contributed by atoms with E-state index >= 15 is 0 Å². The van der Waals surface area contributed by atoms with Crippen LogP contribution in [0.25, 0.3) is 0 Å². The predicted octanol–water partition coefficient (Wildman–Crippen LogP) is 3.53. The zero-order valence-corrected chi connectivity index (χ0v) is 11.1. The van der Waals surface area contributed by atoms with Crippen LogP contribution in [0.5, 0.6) is 0 Å². The van der Waals surface area contributed by atoms with Crippen molar-refractivity contribution in [1.82, 2.24) is 0 Å². The summed E-state index contributed by atoms with van der Waals surface area (Å²) in [4.78, 5) is 0. The molecule has 0 aliphatic heterocycles. The van der Waals surface area contributed by atoms with E-state index in [2.05, 4.69) is 0 Å². The zero-order chi connectivity index (χ0) is 13.7. The van der Waals surface area contributed by atoms with E-state index in [0.717, 1.165) is 31.7 Å². The van der Waals surface area contributed by atoms with Crippen molar-refractivity contribution in [1.29, 1.82) is 0 Å². The molecule has 0 atom stereocenters. The Bertz CT molecular complexity index is 415. The van der Waals surface area contributed by atoms with Gasteiger partial charge in [0.2, 0.25) is 0 Å². The number of benzene rings is 1. The number of hydrogen-bond donors (Lipinski definition) is 1.